The lowest BCUT2D eigenvalue weighted by atomic mass is 10.2. The summed E-state index contributed by atoms with van der Waals surface area (Å²) in [6, 6.07) is 0. The average molecular weight is 295 g/mol. The van der Waals surface area contributed by atoms with Crippen LogP contribution in [0.1, 0.15) is 26.7 Å². The molecule has 0 rings (SSSR count). The van der Waals surface area contributed by atoms with Crippen molar-refractivity contribution in [3.05, 3.63) is 0 Å². The van der Waals surface area contributed by atoms with E-state index in [2.05, 4.69) is 5.32 Å². The normalized spacial score (nSPS) is 12.7. The Bertz CT molecular complexity index is 377. The molecule has 0 saturated carbocycles. The molecule has 0 heterocycles. The molecule has 6 nitrogen and oxygen atoms in total. The van der Waals surface area contributed by atoms with Gasteiger partial charge < -0.3 is 9.80 Å². The molecule has 0 aliphatic rings. The van der Waals surface area contributed by atoms with Crippen LogP contribution in [0.2, 0.25) is 0 Å². The van der Waals surface area contributed by atoms with Gasteiger partial charge in [-0.05, 0) is 0 Å². The first-order valence-electron chi connectivity index (χ1n) is 6.58. The van der Waals surface area contributed by atoms with Gasteiger partial charge >= 0.3 is 0 Å². The fraction of sp³-hybridized carbons (Fsp3) is 0.917. The minimum Gasteiger partial charge on any atom is -0.356 e. The number of nitrogens with one attached hydrogen (secondary N) is 1. The number of amides is 1. The highest BCUT2D eigenvalue weighted by atomic mass is 32.2. The summed E-state index contributed by atoms with van der Waals surface area (Å²) in [4.78, 5) is 11.3. The van der Waals surface area contributed by atoms with Gasteiger partial charge in [0.2, 0.25) is 5.91 Å². The van der Waals surface area contributed by atoms with E-state index >= 15 is 0 Å². The maximum atomic E-state index is 11.3. The van der Waals surface area contributed by atoms with Crippen LogP contribution in [0, 0.1) is 5.92 Å². The Balaban J connectivity index is 3.82. The topological polar surface area (TPSA) is 83.5 Å². The van der Waals surface area contributed by atoms with Crippen molar-refractivity contribution in [1.82, 2.24) is 5.32 Å². The van der Waals surface area contributed by atoms with Crippen LogP contribution in [0.5, 0.6) is 0 Å². The van der Waals surface area contributed by atoms with Crippen LogP contribution in [0.4, 0.5) is 0 Å². The van der Waals surface area contributed by atoms with E-state index in [-0.39, 0.29) is 17.6 Å². The van der Waals surface area contributed by atoms with Crippen molar-refractivity contribution in [2.24, 2.45) is 5.92 Å². The Morgan fingerprint density at radius 1 is 1.21 bits per heavy atom. The smallest absolute Gasteiger partial charge is 0.265 e. The monoisotopic (exact) mass is 295 g/mol. The Kier molecular flexibility index (Phi) is 7.54. The van der Waals surface area contributed by atoms with Crippen LogP contribution in [-0.4, -0.2) is 62.8 Å². The van der Waals surface area contributed by atoms with Crippen molar-refractivity contribution < 1.29 is 22.2 Å². The molecule has 0 aromatic rings. The Morgan fingerprint density at radius 2 is 1.74 bits per heavy atom. The summed E-state index contributed by atoms with van der Waals surface area (Å²) in [5.74, 6) is -0.146. The summed E-state index contributed by atoms with van der Waals surface area (Å²) >= 11 is 0. The van der Waals surface area contributed by atoms with E-state index in [0.717, 1.165) is 13.0 Å². The first kappa shape index (κ1) is 18.3. The molecule has 2 N–H and O–H groups in total. The fourth-order valence-electron chi connectivity index (χ4n) is 1.71. The molecular weight excluding hydrogens is 268 g/mol. The van der Waals surface area contributed by atoms with Crippen LogP contribution in [-0.2, 0) is 14.9 Å². The number of rotatable bonds is 9. The highest BCUT2D eigenvalue weighted by Crippen LogP contribution is 2.02. The van der Waals surface area contributed by atoms with Gasteiger partial charge in [0.25, 0.3) is 10.1 Å². The molecule has 1 amide bonds. The molecule has 0 unspecified atom stereocenters. The second-order valence-corrected chi connectivity index (χ2v) is 7.39. The van der Waals surface area contributed by atoms with Crippen molar-refractivity contribution >= 4 is 16.0 Å². The first-order valence-corrected chi connectivity index (χ1v) is 8.19. The summed E-state index contributed by atoms with van der Waals surface area (Å²) in [7, 11) is 0.157. The van der Waals surface area contributed by atoms with E-state index in [4.69, 9.17) is 4.55 Å². The molecule has 7 heteroatoms. The van der Waals surface area contributed by atoms with Crippen LogP contribution in [0.25, 0.3) is 0 Å². The van der Waals surface area contributed by atoms with Gasteiger partial charge in [0.1, 0.15) is 0 Å². The van der Waals surface area contributed by atoms with Gasteiger partial charge in [0.05, 0.1) is 32.9 Å². The molecule has 0 aliphatic heterocycles. The van der Waals surface area contributed by atoms with E-state index in [1.807, 2.05) is 27.9 Å². The van der Waals surface area contributed by atoms with Gasteiger partial charge in [-0.25, -0.2) is 0 Å². The third-order valence-corrected chi connectivity index (χ3v) is 3.73. The van der Waals surface area contributed by atoms with Crippen LogP contribution in [0.3, 0.4) is 0 Å². The number of nitrogens with zero attached hydrogens (tertiary/aromatic N) is 1. The minimum absolute atomic E-state index is 0.00254. The Morgan fingerprint density at radius 3 is 2.21 bits per heavy atom. The summed E-state index contributed by atoms with van der Waals surface area (Å²) in [5.41, 5.74) is 0. The van der Waals surface area contributed by atoms with Gasteiger partial charge in [-0.2, -0.15) is 8.42 Å². The van der Waals surface area contributed by atoms with Crippen LogP contribution in [0.15, 0.2) is 0 Å². The molecule has 0 saturated heterocycles. The summed E-state index contributed by atoms with van der Waals surface area (Å²) in [6.45, 7) is 5.87. The predicted octanol–water partition coefficient (Wildman–Crippen LogP) is 0.503. The maximum absolute atomic E-state index is 11.3. The molecule has 0 bridgehead atoms. The first-order chi connectivity index (χ1) is 8.53. The van der Waals surface area contributed by atoms with Crippen LogP contribution < -0.4 is 5.32 Å². The number of carbonyl (C=O) groups is 1. The van der Waals surface area contributed by atoms with Crippen LogP contribution >= 0.6 is 0 Å². The molecule has 0 aliphatic carbocycles. The summed E-state index contributed by atoms with van der Waals surface area (Å²) < 4.78 is 30.6. The molecule has 114 valence electrons. The average Bonchev–Trinajstić information content (AvgIpc) is 2.21. The van der Waals surface area contributed by atoms with Gasteiger partial charge in [-0.15, -0.1) is 0 Å². The third kappa shape index (κ3) is 10.9. The second-order valence-electron chi connectivity index (χ2n) is 5.82. The molecule has 0 spiro atoms. The lowest BCUT2D eigenvalue weighted by Gasteiger charge is -2.29. The molecule has 0 aromatic carbocycles. The van der Waals surface area contributed by atoms with Crippen molar-refractivity contribution in [1.29, 1.82) is 0 Å². The standard InChI is InChI=1S/C12H26N2O4S/c1-11(2)12(15)13-7-5-8-14(3,4)9-6-10-19(16,17)18/h11H,5-10H2,1-4H3,(H-,13,15,16,17,18)/p+1. The Hall–Kier alpha value is -0.660. The van der Waals surface area contributed by atoms with E-state index in [0.29, 0.717) is 24.0 Å². The van der Waals surface area contributed by atoms with Crippen molar-refractivity contribution in [2.75, 3.05) is 39.5 Å². The highest BCUT2D eigenvalue weighted by Gasteiger charge is 2.16. The SMILES string of the molecule is CC(C)C(=O)NCCC[N+](C)(C)CCCS(=O)(=O)O. The van der Waals surface area contributed by atoms with E-state index in [1.54, 1.807) is 0 Å². The van der Waals surface area contributed by atoms with Gasteiger partial charge in [0.15, 0.2) is 0 Å². The lowest BCUT2D eigenvalue weighted by molar-refractivity contribution is -0.890. The quantitative estimate of drug-likeness (QED) is 0.369. The maximum Gasteiger partial charge on any atom is 0.265 e. The lowest BCUT2D eigenvalue weighted by Crippen LogP contribution is -2.43. The number of hydrogen-bond donors (Lipinski definition) is 2. The molecular formula is C12H27N2O4S+. The largest absolute Gasteiger partial charge is 0.356 e. The van der Waals surface area contributed by atoms with Gasteiger partial charge in [0, 0.05) is 25.3 Å². The molecule has 0 fully saturated rings. The van der Waals surface area contributed by atoms with E-state index in [1.165, 1.54) is 0 Å². The zero-order chi connectivity index (χ0) is 15.1. The van der Waals surface area contributed by atoms with Crippen molar-refractivity contribution in [3.63, 3.8) is 0 Å². The summed E-state index contributed by atoms with van der Waals surface area (Å²) in [6.07, 6.45) is 1.28. The van der Waals surface area contributed by atoms with Gasteiger partial charge in [-0.1, -0.05) is 13.8 Å². The van der Waals surface area contributed by atoms with Crippen molar-refractivity contribution in [2.45, 2.75) is 26.7 Å². The molecule has 19 heavy (non-hydrogen) atoms. The van der Waals surface area contributed by atoms with Gasteiger partial charge in [-0.3, -0.25) is 9.35 Å². The predicted molar refractivity (Wildman–Crippen MR) is 75.3 cm³/mol. The zero-order valence-electron chi connectivity index (χ0n) is 12.3. The van der Waals surface area contributed by atoms with E-state index < -0.39 is 10.1 Å². The third-order valence-electron chi connectivity index (χ3n) is 2.93. The molecule has 0 atom stereocenters. The second kappa shape index (κ2) is 7.81. The molecule has 0 radical (unpaired) electrons. The fourth-order valence-corrected chi connectivity index (χ4v) is 2.20. The zero-order valence-corrected chi connectivity index (χ0v) is 13.2. The summed E-state index contributed by atoms with van der Waals surface area (Å²) in [5, 5.41) is 2.85. The molecule has 0 aromatic heterocycles. The number of quaternary nitrogens is 1. The highest BCUT2D eigenvalue weighted by molar-refractivity contribution is 7.85. The van der Waals surface area contributed by atoms with Crippen molar-refractivity contribution in [3.8, 4) is 0 Å². The number of hydrogen-bond acceptors (Lipinski definition) is 3. The Labute approximate surface area is 116 Å². The number of carbonyl (C=O) groups excluding carboxylic acids is 1. The van der Waals surface area contributed by atoms with E-state index in [9.17, 15) is 13.2 Å². The minimum atomic E-state index is -3.86.